The Morgan fingerprint density at radius 1 is 1.29 bits per heavy atom. The van der Waals surface area contributed by atoms with E-state index < -0.39 is 14.6 Å². The van der Waals surface area contributed by atoms with E-state index in [2.05, 4.69) is 5.16 Å². The second-order valence-electron chi connectivity index (χ2n) is 6.11. The first kappa shape index (κ1) is 15.8. The van der Waals surface area contributed by atoms with Crippen LogP contribution in [0.3, 0.4) is 0 Å². The smallest absolute Gasteiger partial charge is 0.158 e. The number of benzene rings is 1. The zero-order valence-electron chi connectivity index (χ0n) is 12.6. The van der Waals surface area contributed by atoms with Gasteiger partial charge in [0.15, 0.2) is 9.84 Å². The van der Waals surface area contributed by atoms with E-state index in [0.717, 1.165) is 17.5 Å². The van der Waals surface area contributed by atoms with Gasteiger partial charge in [-0.2, -0.15) is 0 Å². The topological polar surface area (TPSA) is 76.0 Å². The van der Waals surface area contributed by atoms with Crippen LogP contribution in [0.4, 0.5) is 0 Å². The number of ether oxygens (including phenoxy) is 1. The highest BCUT2D eigenvalue weighted by molar-refractivity contribution is 7.92. The zero-order chi connectivity index (χ0) is 15.7. The van der Waals surface area contributed by atoms with E-state index in [1.807, 2.05) is 18.2 Å². The summed E-state index contributed by atoms with van der Waals surface area (Å²) in [7, 11) is -3.19. The van der Waals surface area contributed by atoms with Crippen LogP contribution in [0.5, 0.6) is 5.75 Å². The molecule has 1 aromatic carbocycles. The average molecular weight is 311 g/mol. The lowest BCUT2D eigenvalue weighted by Crippen LogP contribution is -2.32. The molecule has 1 N–H and O–H groups in total. The van der Waals surface area contributed by atoms with Crippen LogP contribution in [0.15, 0.2) is 23.4 Å². The van der Waals surface area contributed by atoms with E-state index in [1.54, 1.807) is 20.8 Å². The van der Waals surface area contributed by atoms with E-state index in [0.29, 0.717) is 17.9 Å². The quantitative estimate of drug-likeness (QED) is 0.684. The molecular formula is C15H21NO4S. The fourth-order valence-electron chi connectivity index (χ4n) is 2.28. The highest BCUT2D eigenvalue weighted by Gasteiger charge is 2.29. The third kappa shape index (κ3) is 3.20. The molecule has 1 aliphatic rings. The molecule has 0 unspecified atom stereocenters. The number of rotatable bonds is 4. The molecule has 0 heterocycles. The van der Waals surface area contributed by atoms with Crippen molar-refractivity contribution in [2.75, 3.05) is 12.4 Å². The lowest BCUT2D eigenvalue weighted by molar-refractivity contribution is 0.318. The summed E-state index contributed by atoms with van der Waals surface area (Å²) >= 11 is 0. The highest BCUT2D eigenvalue weighted by atomic mass is 32.2. The minimum absolute atomic E-state index is 0.0128. The second-order valence-corrected chi connectivity index (χ2v) is 8.97. The zero-order valence-corrected chi connectivity index (χ0v) is 13.4. The molecule has 0 aliphatic heterocycles. The number of hydrogen-bond donors (Lipinski definition) is 1. The summed E-state index contributed by atoms with van der Waals surface area (Å²) in [5, 5.41) is 12.2. The number of nitrogens with zero attached hydrogens (tertiary/aromatic N) is 1. The van der Waals surface area contributed by atoms with Crippen molar-refractivity contribution in [1.29, 1.82) is 0 Å². The summed E-state index contributed by atoms with van der Waals surface area (Å²) in [6.45, 7) is 5.19. The standard InChI is InChI=1S/C15H21NO4S/c1-15(2,3)21(18,19)10-9-20-14-6-4-5-11-12(14)7-8-13(11)16-17/h4-6,17H,7-10H2,1-3H3/b16-13+. The van der Waals surface area contributed by atoms with Crippen LogP contribution in [0.1, 0.15) is 38.3 Å². The van der Waals surface area contributed by atoms with E-state index in [9.17, 15) is 8.42 Å². The summed E-state index contributed by atoms with van der Waals surface area (Å²) in [5.41, 5.74) is 2.52. The van der Waals surface area contributed by atoms with Crippen molar-refractivity contribution in [1.82, 2.24) is 0 Å². The number of oxime groups is 1. The van der Waals surface area contributed by atoms with Crippen LogP contribution in [0.25, 0.3) is 0 Å². The Labute approximate surface area is 125 Å². The molecule has 2 rings (SSSR count). The van der Waals surface area contributed by atoms with Gasteiger partial charge in [0.05, 0.1) is 16.2 Å². The molecule has 0 atom stereocenters. The monoisotopic (exact) mass is 311 g/mol. The van der Waals surface area contributed by atoms with Gasteiger partial charge >= 0.3 is 0 Å². The molecule has 1 aliphatic carbocycles. The maximum absolute atomic E-state index is 12.0. The van der Waals surface area contributed by atoms with E-state index in [-0.39, 0.29) is 12.4 Å². The second kappa shape index (κ2) is 5.67. The average Bonchev–Trinajstić information content (AvgIpc) is 2.81. The van der Waals surface area contributed by atoms with Gasteiger partial charge in [0, 0.05) is 11.1 Å². The molecule has 6 heteroatoms. The summed E-state index contributed by atoms with van der Waals surface area (Å²) < 4.78 is 29.0. The fraction of sp³-hybridized carbons (Fsp3) is 0.533. The first-order chi connectivity index (χ1) is 9.76. The molecular weight excluding hydrogens is 290 g/mol. The number of fused-ring (bicyclic) bond motifs is 1. The summed E-state index contributed by atoms with van der Waals surface area (Å²) in [4.78, 5) is 0. The first-order valence-electron chi connectivity index (χ1n) is 6.94. The normalized spacial score (nSPS) is 17.0. The van der Waals surface area contributed by atoms with Crippen LogP contribution in [0.2, 0.25) is 0 Å². The minimum Gasteiger partial charge on any atom is -0.492 e. The lowest BCUT2D eigenvalue weighted by atomic mass is 10.1. The van der Waals surface area contributed by atoms with Gasteiger partial charge in [-0.15, -0.1) is 0 Å². The van der Waals surface area contributed by atoms with Crippen LogP contribution >= 0.6 is 0 Å². The van der Waals surface area contributed by atoms with Gasteiger partial charge in [-0.3, -0.25) is 0 Å². The molecule has 0 aromatic heterocycles. The van der Waals surface area contributed by atoms with Crippen molar-refractivity contribution < 1.29 is 18.4 Å². The maximum Gasteiger partial charge on any atom is 0.158 e. The highest BCUT2D eigenvalue weighted by Crippen LogP contribution is 2.31. The largest absolute Gasteiger partial charge is 0.492 e. The predicted molar refractivity (Wildman–Crippen MR) is 82.1 cm³/mol. The van der Waals surface area contributed by atoms with Crippen molar-refractivity contribution in [3.63, 3.8) is 0 Å². The molecule has 5 nitrogen and oxygen atoms in total. The van der Waals surface area contributed by atoms with Crippen molar-refractivity contribution in [3.8, 4) is 5.75 Å². The molecule has 0 saturated carbocycles. The maximum atomic E-state index is 12.0. The molecule has 0 fully saturated rings. The van der Waals surface area contributed by atoms with Crippen LogP contribution < -0.4 is 4.74 Å². The predicted octanol–water partition coefficient (Wildman–Crippen LogP) is 2.40. The van der Waals surface area contributed by atoms with Crippen LogP contribution in [0, 0.1) is 0 Å². The fourth-order valence-corrected chi connectivity index (χ4v) is 3.19. The summed E-state index contributed by atoms with van der Waals surface area (Å²) in [5.74, 6) is 0.663. The minimum atomic E-state index is -3.19. The van der Waals surface area contributed by atoms with Gasteiger partial charge in [-0.1, -0.05) is 17.3 Å². The van der Waals surface area contributed by atoms with Gasteiger partial charge in [-0.25, -0.2) is 8.42 Å². The number of sulfone groups is 1. The summed E-state index contributed by atoms with van der Waals surface area (Å²) in [6.07, 6.45) is 1.42. The summed E-state index contributed by atoms with van der Waals surface area (Å²) in [6, 6.07) is 5.53. The Hall–Kier alpha value is -1.56. The third-order valence-electron chi connectivity index (χ3n) is 3.72. The van der Waals surface area contributed by atoms with E-state index in [4.69, 9.17) is 9.94 Å². The molecule has 0 amide bonds. The molecule has 21 heavy (non-hydrogen) atoms. The Morgan fingerprint density at radius 3 is 2.62 bits per heavy atom. The van der Waals surface area contributed by atoms with Crippen molar-refractivity contribution in [2.24, 2.45) is 5.16 Å². The molecule has 0 saturated heterocycles. The molecule has 0 bridgehead atoms. The van der Waals surface area contributed by atoms with Gasteiger partial charge in [0.1, 0.15) is 12.4 Å². The van der Waals surface area contributed by atoms with E-state index in [1.165, 1.54) is 0 Å². The Morgan fingerprint density at radius 2 is 2.00 bits per heavy atom. The van der Waals surface area contributed by atoms with E-state index >= 15 is 0 Å². The van der Waals surface area contributed by atoms with Crippen molar-refractivity contribution >= 4 is 15.5 Å². The van der Waals surface area contributed by atoms with Crippen molar-refractivity contribution in [2.45, 2.75) is 38.4 Å². The molecule has 0 radical (unpaired) electrons. The number of hydrogen-bond acceptors (Lipinski definition) is 5. The van der Waals surface area contributed by atoms with Gasteiger partial charge < -0.3 is 9.94 Å². The first-order valence-corrected chi connectivity index (χ1v) is 8.60. The van der Waals surface area contributed by atoms with Crippen molar-refractivity contribution in [3.05, 3.63) is 29.3 Å². The van der Waals surface area contributed by atoms with Gasteiger partial charge in [-0.05, 0) is 39.7 Å². The van der Waals surface area contributed by atoms with Gasteiger partial charge in [0.25, 0.3) is 0 Å². The molecule has 0 spiro atoms. The Kier molecular flexibility index (Phi) is 4.27. The van der Waals surface area contributed by atoms with Crippen LogP contribution in [-0.4, -0.2) is 36.4 Å². The SMILES string of the molecule is CC(C)(C)S(=O)(=O)CCOc1cccc2c1CC/C2=N\O. The molecule has 1 aromatic rings. The lowest BCUT2D eigenvalue weighted by Gasteiger charge is -2.19. The Bertz CT molecular complexity index is 657. The van der Waals surface area contributed by atoms with Crippen LogP contribution in [-0.2, 0) is 16.3 Å². The molecule has 116 valence electrons. The third-order valence-corrected chi connectivity index (χ3v) is 6.29. The Balaban J connectivity index is 2.08. The van der Waals surface area contributed by atoms with Gasteiger partial charge in [0.2, 0.25) is 0 Å².